The second-order valence-electron chi connectivity index (χ2n) is 3.03. The predicted molar refractivity (Wildman–Crippen MR) is 56.7 cm³/mol. The third kappa shape index (κ3) is 2.49. The molecule has 76 valence electrons. The van der Waals surface area contributed by atoms with Crippen LogP contribution in [0.2, 0.25) is 0 Å². The van der Waals surface area contributed by atoms with Gasteiger partial charge in [-0.3, -0.25) is 4.79 Å². The van der Waals surface area contributed by atoms with E-state index in [1.807, 2.05) is 31.2 Å². The molecule has 0 atom stereocenters. The van der Waals surface area contributed by atoms with Crippen LogP contribution in [-0.2, 0) is 4.79 Å². The third-order valence-electron chi connectivity index (χ3n) is 1.87. The zero-order valence-electron chi connectivity index (χ0n) is 8.56. The Balaban J connectivity index is 2.85. The first kappa shape index (κ1) is 10.6. The van der Waals surface area contributed by atoms with Crippen LogP contribution in [0.5, 0.6) is 5.75 Å². The van der Waals surface area contributed by atoms with Crippen LogP contribution in [0.3, 0.4) is 0 Å². The quantitative estimate of drug-likeness (QED) is 0.670. The summed E-state index contributed by atoms with van der Waals surface area (Å²) in [7, 11) is 1.71. The highest BCUT2D eigenvalue weighted by atomic mass is 16.5. The summed E-state index contributed by atoms with van der Waals surface area (Å²) in [6, 6.07) is 7.51. The number of benzene rings is 1. The summed E-state index contributed by atoms with van der Waals surface area (Å²) >= 11 is 0. The van der Waals surface area contributed by atoms with E-state index in [-0.39, 0.29) is 0 Å². The van der Waals surface area contributed by atoms with Crippen molar-refractivity contribution < 1.29 is 9.53 Å². The number of nitrogens with zero attached hydrogens (tertiary/aromatic N) is 1. The molecule has 0 saturated carbocycles. The Morgan fingerprint density at radius 1 is 1.43 bits per heavy atom. The fraction of sp³-hybridized carbons (Fsp3) is 0.364. The summed E-state index contributed by atoms with van der Waals surface area (Å²) in [5.74, 6) is 0.754. The first-order valence-corrected chi connectivity index (χ1v) is 4.69. The van der Waals surface area contributed by atoms with Crippen LogP contribution in [-0.4, -0.2) is 20.1 Å². The molecule has 0 aliphatic heterocycles. The first-order valence-electron chi connectivity index (χ1n) is 4.69. The minimum atomic E-state index is 0.670. The number of amides is 1. The average Bonchev–Trinajstić information content (AvgIpc) is 2.25. The molecule has 14 heavy (non-hydrogen) atoms. The topological polar surface area (TPSA) is 29.5 Å². The predicted octanol–water partition coefficient (Wildman–Crippen LogP) is 2.07. The zero-order chi connectivity index (χ0) is 10.4. The van der Waals surface area contributed by atoms with E-state index in [0.717, 1.165) is 24.3 Å². The molecule has 0 heterocycles. The van der Waals surface area contributed by atoms with Crippen LogP contribution in [0.4, 0.5) is 5.69 Å². The lowest BCUT2D eigenvalue weighted by Crippen LogP contribution is -2.15. The summed E-state index contributed by atoms with van der Waals surface area (Å²) in [5, 5.41) is 0. The molecule has 1 aromatic carbocycles. The van der Waals surface area contributed by atoms with Gasteiger partial charge in [-0.1, -0.05) is 19.1 Å². The summed E-state index contributed by atoms with van der Waals surface area (Å²) in [5.41, 5.74) is 0.802. The third-order valence-corrected chi connectivity index (χ3v) is 1.87. The van der Waals surface area contributed by atoms with Gasteiger partial charge in [-0.15, -0.1) is 0 Å². The number of anilines is 1. The van der Waals surface area contributed by atoms with E-state index in [1.165, 1.54) is 4.90 Å². The maximum atomic E-state index is 10.6. The maximum absolute atomic E-state index is 10.6. The van der Waals surface area contributed by atoms with Crippen LogP contribution in [0.15, 0.2) is 24.3 Å². The van der Waals surface area contributed by atoms with Gasteiger partial charge in [0.15, 0.2) is 0 Å². The van der Waals surface area contributed by atoms with Crippen molar-refractivity contribution >= 4 is 12.1 Å². The maximum Gasteiger partial charge on any atom is 0.213 e. The van der Waals surface area contributed by atoms with Gasteiger partial charge in [-0.2, -0.15) is 0 Å². The molecule has 0 unspecified atom stereocenters. The minimum absolute atomic E-state index is 0.670. The molecule has 0 spiro atoms. The summed E-state index contributed by atoms with van der Waals surface area (Å²) in [4.78, 5) is 12.1. The fourth-order valence-electron chi connectivity index (χ4n) is 1.14. The van der Waals surface area contributed by atoms with Crippen molar-refractivity contribution in [3.63, 3.8) is 0 Å². The molecule has 0 bridgehead atoms. The Morgan fingerprint density at radius 2 is 2.14 bits per heavy atom. The van der Waals surface area contributed by atoms with Crippen molar-refractivity contribution in [3.8, 4) is 5.75 Å². The lowest BCUT2D eigenvalue weighted by molar-refractivity contribution is -0.107. The number of rotatable bonds is 5. The van der Waals surface area contributed by atoms with Crippen molar-refractivity contribution in [1.82, 2.24) is 0 Å². The first-order chi connectivity index (χ1) is 6.79. The number of hydrogen-bond donors (Lipinski definition) is 0. The van der Waals surface area contributed by atoms with Crippen molar-refractivity contribution in [1.29, 1.82) is 0 Å². The Bertz CT molecular complexity index is 299. The molecular weight excluding hydrogens is 178 g/mol. The Kier molecular flexibility index (Phi) is 3.98. The van der Waals surface area contributed by atoms with Crippen molar-refractivity contribution in [2.24, 2.45) is 0 Å². The van der Waals surface area contributed by atoms with Gasteiger partial charge in [0, 0.05) is 7.05 Å². The normalized spacial score (nSPS) is 9.57. The standard InChI is InChI=1S/C11H15NO2/c1-3-8-14-11-7-5-4-6-10(11)12(2)9-13/h4-7,9H,3,8H2,1-2H3. The van der Waals surface area contributed by atoms with Crippen molar-refractivity contribution in [2.45, 2.75) is 13.3 Å². The second kappa shape index (κ2) is 5.27. The SMILES string of the molecule is CCCOc1ccccc1N(C)C=O. The van der Waals surface area contributed by atoms with E-state index >= 15 is 0 Å². The number of carbonyl (C=O) groups excluding carboxylic acids is 1. The van der Waals surface area contributed by atoms with Crippen molar-refractivity contribution in [2.75, 3.05) is 18.6 Å². The summed E-state index contributed by atoms with van der Waals surface area (Å²) in [6.45, 7) is 2.72. The van der Waals surface area contributed by atoms with Gasteiger partial charge in [0.05, 0.1) is 12.3 Å². The lowest BCUT2D eigenvalue weighted by Gasteiger charge is -2.15. The molecule has 3 nitrogen and oxygen atoms in total. The van der Waals surface area contributed by atoms with E-state index in [2.05, 4.69) is 0 Å². The van der Waals surface area contributed by atoms with Crippen LogP contribution in [0.1, 0.15) is 13.3 Å². The van der Waals surface area contributed by atoms with Gasteiger partial charge in [0.2, 0.25) is 6.41 Å². The smallest absolute Gasteiger partial charge is 0.213 e. The number of para-hydroxylation sites is 2. The van der Waals surface area contributed by atoms with Gasteiger partial charge in [0.25, 0.3) is 0 Å². The molecule has 0 aliphatic carbocycles. The van der Waals surface area contributed by atoms with Gasteiger partial charge >= 0.3 is 0 Å². The lowest BCUT2D eigenvalue weighted by atomic mass is 10.3. The van der Waals surface area contributed by atoms with E-state index in [9.17, 15) is 4.79 Å². The molecule has 3 heteroatoms. The van der Waals surface area contributed by atoms with Crippen LogP contribution in [0, 0.1) is 0 Å². The molecule has 1 aromatic rings. The van der Waals surface area contributed by atoms with Crippen LogP contribution < -0.4 is 9.64 Å². The molecule has 1 amide bonds. The summed E-state index contributed by atoms with van der Waals surface area (Å²) in [6.07, 6.45) is 1.73. The molecule has 1 rings (SSSR count). The van der Waals surface area contributed by atoms with Crippen LogP contribution in [0.25, 0.3) is 0 Å². The number of ether oxygens (including phenoxy) is 1. The number of hydrogen-bond acceptors (Lipinski definition) is 2. The van der Waals surface area contributed by atoms with Gasteiger partial charge < -0.3 is 9.64 Å². The Labute approximate surface area is 84.3 Å². The van der Waals surface area contributed by atoms with E-state index < -0.39 is 0 Å². The molecule has 0 saturated heterocycles. The highest BCUT2D eigenvalue weighted by molar-refractivity contribution is 5.77. The highest BCUT2D eigenvalue weighted by Crippen LogP contribution is 2.26. The summed E-state index contributed by atoms with van der Waals surface area (Å²) < 4.78 is 5.51. The zero-order valence-corrected chi connectivity index (χ0v) is 8.56. The largest absolute Gasteiger partial charge is 0.491 e. The van der Waals surface area contributed by atoms with Gasteiger partial charge in [0.1, 0.15) is 5.75 Å². The van der Waals surface area contributed by atoms with Gasteiger partial charge in [-0.05, 0) is 18.6 Å². The highest BCUT2D eigenvalue weighted by Gasteiger charge is 2.05. The van der Waals surface area contributed by atoms with E-state index in [0.29, 0.717) is 6.61 Å². The second-order valence-corrected chi connectivity index (χ2v) is 3.03. The van der Waals surface area contributed by atoms with E-state index in [1.54, 1.807) is 7.05 Å². The molecule has 0 N–H and O–H groups in total. The molecule has 0 radical (unpaired) electrons. The average molecular weight is 193 g/mol. The molecule has 0 aromatic heterocycles. The van der Waals surface area contributed by atoms with E-state index in [4.69, 9.17) is 4.74 Å². The molecular formula is C11H15NO2. The minimum Gasteiger partial charge on any atom is -0.491 e. The Hall–Kier alpha value is -1.51. The Morgan fingerprint density at radius 3 is 2.79 bits per heavy atom. The fourth-order valence-corrected chi connectivity index (χ4v) is 1.14. The monoisotopic (exact) mass is 193 g/mol. The van der Waals surface area contributed by atoms with Crippen molar-refractivity contribution in [3.05, 3.63) is 24.3 Å². The van der Waals surface area contributed by atoms with Crippen LogP contribution >= 0.6 is 0 Å². The number of carbonyl (C=O) groups is 1. The van der Waals surface area contributed by atoms with Gasteiger partial charge in [-0.25, -0.2) is 0 Å². The molecule has 0 aliphatic rings. The molecule has 0 fully saturated rings.